The van der Waals surface area contributed by atoms with Gasteiger partial charge in [-0.15, -0.1) is 0 Å². The predicted octanol–water partition coefficient (Wildman–Crippen LogP) is 0.878. The maximum absolute atomic E-state index is 10.4. The van der Waals surface area contributed by atoms with Crippen LogP contribution < -0.4 is 5.73 Å². The maximum atomic E-state index is 10.4. The van der Waals surface area contributed by atoms with Crippen molar-refractivity contribution in [1.29, 1.82) is 0 Å². The van der Waals surface area contributed by atoms with Gasteiger partial charge in [0, 0.05) is 12.5 Å². The quantitative estimate of drug-likeness (QED) is 0.585. The molecule has 6 heteroatoms. The van der Waals surface area contributed by atoms with E-state index >= 15 is 0 Å². The standard InChI is InChI=1S/C9H9N3O3/c10-9(13)3-1-2-7-4-5-8(6-11-7)12(14)15/h1-2,4-6H,3H2,(H2,10,13). The third-order valence-electron chi connectivity index (χ3n) is 1.59. The Morgan fingerprint density at radius 1 is 1.60 bits per heavy atom. The molecular weight excluding hydrogens is 198 g/mol. The summed E-state index contributed by atoms with van der Waals surface area (Å²) in [6, 6.07) is 2.84. The van der Waals surface area contributed by atoms with E-state index in [0.717, 1.165) is 6.20 Å². The van der Waals surface area contributed by atoms with Crippen LogP contribution in [-0.4, -0.2) is 15.8 Å². The van der Waals surface area contributed by atoms with Crippen LogP contribution in [-0.2, 0) is 4.79 Å². The largest absolute Gasteiger partial charge is 0.369 e. The molecule has 0 aromatic carbocycles. The summed E-state index contributed by atoms with van der Waals surface area (Å²) in [6.07, 6.45) is 4.41. The fourth-order valence-electron chi connectivity index (χ4n) is 0.900. The molecule has 0 aliphatic heterocycles. The van der Waals surface area contributed by atoms with Crippen molar-refractivity contribution in [1.82, 2.24) is 4.98 Å². The van der Waals surface area contributed by atoms with Crippen molar-refractivity contribution in [3.8, 4) is 0 Å². The normalized spacial score (nSPS) is 10.4. The first kappa shape index (κ1) is 10.8. The molecule has 1 aromatic heterocycles. The first-order valence-corrected chi connectivity index (χ1v) is 4.15. The fourth-order valence-corrected chi connectivity index (χ4v) is 0.900. The van der Waals surface area contributed by atoms with Crippen LogP contribution in [0.5, 0.6) is 0 Å². The summed E-state index contributed by atoms with van der Waals surface area (Å²) in [7, 11) is 0. The third-order valence-corrected chi connectivity index (χ3v) is 1.59. The zero-order chi connectivity index (χ0) is 11.3. The Bertz CT molecular complexity index is 398. The molecule has 0 fully saturated rings. The van der Waals surface area contributed by atoms with E-state index in [1.807, 2.05) is 0 Å². The molecule has 0 radical (unpaired) electrons. The Kier molecular flexibility index (Phi) is 3.50. The van der Waals surface area contributed by atoms with Gasteiger partial charge in [0.15, 0.2) is 0 Å². The number of amides is 1. The van der Waals surface area contributed by atoms with E-state index in [-0.39, 0.29) is 12.1 Å². The minimum atomic E-state index is -0.524. The molecule has 1 aromatic rings. The van der Waals surface area contributed by atoms with Gasteiger partial charge < -0.3 is 5.73 Å². The van der Waals surface area contributed by atoms with Crippen LogP contribution in [0.15, 0.2) is 24.4 Å². The van der Waals surface area contributed by atoms with Crippen molar-refractivity contribution in [3.63, 3.8) is 0 Å². The molecule has 0 saturated heterocycles. The Morgan fingerprint density at radius 2 is 2.33 bits per heavy atom. The minimum absolute atomic E-state index is 0.0675. The summed E-state index contributed by atoms with van der Waals surface area (Å²) in [5.41, 5.74) is 5.40. The van der Waals surface area contributed by atoms with Gasteiger partial charge in [0.25, 0.3) is 5.69 Å². The van der Waals surface area contributed by atoms with Crippen molar-refractivity contribution in [2.75, 3.05) is 0 Å². The van der Waals surface area contributed by atoms with Gasteiger partial charge in [-0.3, -0.25) is 14.9 Å². The van der Waals surface area contributed by atoms with E-state index < -0.39 is 10.8 Å². The summed E-state index contributed by atoms with van der Waals surface area (Å²) >= 11 is 0. The zero-order valence-electron chi connectivity index (χ0n) is 7.79. The Morgan fingerprint density at radius 3 is 2.80 bits per heavy atom. The highest BCUT2D eigenvalue weighted by atomic mass is 16.6. The van der Waals surface area contributed by atoms with Crippen molar-refractivity contribution in [2.24, 2.45) is 5.73 Å². The molecule has 1 rings (SSSR count). The van der Waals surface area contributed by atoms with Gasteiger partial charge in [-0.2, -0.15) is 0 Å². The second kappa shape index (κ2) is 4.85. The minimum Gasteiger partial charge on any atom is -0.369 e. The highest BCUT2D eigenvalue weighted by molar-refractivity contribution is 5.76. The summed E-state index contributed by atoms with van der Waals surface area (Å²) in [5.74, 6) is -0.437. The summed E-state index contributed by atoms with van der Waals surface area (Å²) < 4.78 is 0. The number of nitrogens with two attached hydrogens (primary N) is 1. The van der Waals surface area contributed by atoms with Gasteiger partial charge in [0.1, 0.15) is 6.20 Å². The van der Waals surface area contributed by atoms with Crippen LogP contribution >= 0.6 is 0 Å². The van der Waals surface area contributed by atoms with E-state index in [2.05, 4.69) is 4.98 Å². The lowest BCUT2D eigenvalue weighted by Crippen LogP contribution is -2.07. The Balaban J connectivity index is 2.68. The van der Waals surface area contributed by atoms with Crippen LogP contribution in [0.2, 0.25) is 0 Å². The van der Waals surface area contributed by atoms with E-state index in [1.54, 1.807) is 12.2 Å². The molecule has 0 spiro atoms. The molecule has 1 amide bonds. The summed E-state index contributed by atoms with van der Waals surface area (Å²) in [5, 5.41) is 10.3. The first-order chi connectivity index (χ1) is 7.09. The molecule has 6 nitrogen and oxygen atoms in total. The number of carbonyl (C=O) groups excluding carboxylic acids is 1. The Hall–Kier alpha value is -2.24. The Labute approximate surface area is 85.6 Å². The second-order valence-corrected chi connectivity index (χ2v) is 2.77. The van der Waals surface area contributed by atoms with Crippen LogP contribution in [0, 0.1) is 10.1 Å². The highest BCUT2D eigenvalue weighted by Gasteiger charge is 2.03. The molecule has 0 atom stereocenters. The smallest absolute Gasteiger partial charge is 0.287 e. The summed E-state index contributed by atoms with van der Waals surface area (Å²) in [4.78, 5) is 24.0. The van der Waals surface area contributed by atoms with E-state index in [4.69, 9.17) is 5.73 Å². The number of hydrogen-bond acceptors (Lipinski definition) is 4. The van der Waals surface area contributed by atoms with E-state index in [1.165, 1.54) is 12.1 Å². The van der Waals surface area contributed by atoms with Crippen LogP contribution in [0.3, 0.4) is 0 Å². The predicted molar refractivity (Wildman–Crippen MR) is 53.7 cm³/mol. The molecular formula is C9H9N3O3. The third kappa shape index (κ3) is 3.55. The monoisotopic (exact) mass is 207 g/mol. The number of aromatic nitrogens is 1. The van der Waals surface area contributed by atoms with Gasteiger partial charge in [-0.05, 0) is 12.1 Å². The fraction of sp³-hybridized carbons (Fsp3) is 0.111. The maximum Gasteiger partial charge on any atom is 0.287 e. The van der Waals surface area contributed by atoms with Crippen LogP contribution in [0.4, 0.5) is 5.69 Å². The van der Waals surface area contributed by atoms with Crippen molar-refractivity contribution in [2.45, 2.75) is 6.42 Å². The molecule has 78 valence electrons. The lowest BCUT2D eigenvalue weighted by molar-refractivity contribution is -0.385. The second-order valence-electron chi connectivity index (χ2n) is 2.77. The van der Waals surface area contributed by atoms with Gasteiger partial charge in [-0.25, -0.2) is 4.98 Å². The number of nitro groups is 1. The lowest BCUT2D eigenvalue weighted by Gasteiger charge is -1.92. The van der Waals surface area contributed by atoms with Crippen molar-refractivity contribution >= 4 is 17.7 Å². The molecule has 1 heterocycles. The first-order valence-electron chi connectivity index (χ1n) is 4.15. The molecule has 2 N–H and O–H groups in total. The zero-order valence-corrected chi connectivity index (χ0v) is 7.79. The van der Waals surface area contributed by atoms with Crippen molar-refractivity contribution in [3.05, 3.63) is 40.2 Å². The highest BCUT2D eigenvalue weighted by Crippen LogP contribution is 2.09. The summed E-state index contributed by atoms with van der Waals surface area (Å²) in [6.45, 7) is 0. The molecule has 0 saturated carbocycles. The van der Waals surface area contributed by atoms with Gasteiger partial charge >= 0.3 is 0 Å². The molecule has 0 aliphatic rings. The lowest BCUT2D eigenvalue weighted by atomic mass is 10.3. The topological polar surface area (TPSA) is 99.1 Å². The molecule has 15 heavy (non-hydrogen) atoms. The van der Waals surface area contributed by atoms with E-state index in [9.17, 15) is 14.9 Å². The number of hydrogen-bond donors (Lipinski definition) is 1. The van der Waals surface area contributed by atoms with E-state index in [0.29, 0.717) is 5.69 Å². The molecule has 0 unspecified atom stereocenters. The number of pyridine rings is 1. The average Bonchev–Trinajstić information content (AvgIpc) is 2.18. The van der Waals surface area contributed by atoms with Crippen LogP contribution in [0.1, 0.15) is 12.1 Å². The molecule has 0 bridgehead atoms. The van der Waals surface area contributed by atoms with Crippen molar-refractivity contribution < 1.29 is 9.72 Å². The van der Waals surface area contributed by atoms with Gasteiger partial charge in [0.2, 0.25) is 5.91 Å². The SMILES string of the molecule is NC(=O)CC=Cc1ccc([N+](=O)[O-])cn1. The van der Waals surface area contributed by atoms with Gasteiger partial charge in [-0.1, -0.05) is 6.08 Å². The van der Waals surface area contributed by atoms with Gasteiger partial charge in [0.05, 0.1) is 10.6 Å². The average molecular weight is 207 g/mol. The number of primary amides is 1. The number of carbonyl (C=O) groups is 1. The van der Waals surface area contributed by atoms with Crippen LogP contribution in [0.25, 0.3) is 6.08 Å². The molecule has 0 aliphatic carbocycles. The number of rotatable bonds is 4. The number of nitrogens with zero attached hydrogens (tertiary/aromatic N) is 2.